The van der Waals surface area contributed by atoms with Gasteiger partial charge in [0.2, 0.25) is 0 Å². The van der Waals surface area contributed by atoms with Gasteiger partial charge in [-0.15, -0.1) is 0 Å². The Balaban J connectivity index is 1.54. The molecule has 2 aliphatic rings. The molecule has 1 spiro atoms. The van der Waals surface area contributed by atoms with Gasteiger partial charge in [0.25, 0.3) is 0 Å². The predicted octanol–water partition coefficient (Wildman–Crippen LogP) is 8.59. The molecule has 39 heavy (non-hydrogen) atoms. The number of carbonyl (C=O) groups is 1. The summed E-state index contributed by atoms with van der Waals surface area (Å²) in [5.74, 6) is 1.06. The number of anilines is 3. The smallest absolute Gasteiger partial charge is 0.340 e. The van der Waals surface area contributed by atoms with Crippen LogP contribution in [0.15, 0.2) is 78.9 Å². The number of aryl methyl sites for hydroxylation is 1. The molecular weight excluding hydrogens is 508 g/mol. The Morgan fingerprint density at radius 2 is 1.56 bits per heavy atom. The number of nitrogens with zero attached hydrogens (tertiary/aromatic N) is 1. The highest BCUT2D eigenvalue weighted by molar-refractivity contribution is 6.30. The van der Waals surface area contributed by atoms with Crippen molar-refractivity contribution in [1.82, 2.24) is 0 Å². The van der Waals surface area contributed by atoms with Crippen molar-refractivity contribution in [2.24, 2.45) is 0 Å². The number of halogens is 1. The monoisotopic (exact) mass is 538 g/mol. The second kappa shape index (κ2) is 9.97. The number of nitrogens with one attached hydrogen (secondary N) is 1. The molecule has 0 saturated carbocycles. The number of hydrogen-bond donors (Lipinski definition) is 1. The van der Waals surface area contributed by atoms with E-state index in [9.17, 15) is 4.79 Å². The molecule has 4 aromatic rings. The molecule has 1 N–H and O–H groups in total. The van der Waals surface area contributed by atoms with Crippen LogP contribution in [0.1, 0.15) is 59.3 Å². The Morgan fingerprint density at radius 3 is 2.31 bits per heavy atom. The summed E-state index contributed by atoms with van der Waals surface area (Å²) in [6.07, 6.45) is 2.11. The number of rotatable bonds is 7. The maximum atomic E-state index is 13.3. The normalized spacial score (nSPS) is 16.7. The van der Waals surface area contributed by atoms with Crippen LogP contribution in [0, 0.1) is 6.92 Å². The molecular formula is C33H31ClN2O3. The molecule has 2 aliphatic heterocycles. The Morgan fingerprint density at radius 1 is 0.846 bits per heavy atom. The minimum absolute atomic E-state index is 0.333. The molecule has 198 valence electrons. The van der Waals surface area contributed by atoms with Gasteiger partial charge in [-0.2, -0.15) is 0 Å². The Labute approximate surface area is 234 Å². The fourth-order valence-electron chi connectivity index (χ4n) is 5.74. The van der Waals surface area contributed by atoms with Gasteiger partial charge in [0.15, 0.2) is 5.60 Å². The summed E-state index contributed by atoms with van der Waals surface area (Å²) in [5, 5.41) is 4.18. The second-order valence-electron chi connectivity index (χ2n) is 10.2. The van der Waals surface area contributed by atoms with Gasteiger partial charge in [0.05, 0.1) is 5.56 Å². The van der Waals surface area contributed by atoms with E-state index >= 15 is 0 Å². The van der Waals surface area contributed by atoms with Crippen LogP contribution in [0.2, 0.25) is 5.02 Å². The summed E-state index contributed by atoms with van der Waals surface area (Å²) in [7, 11) is 0. The lowest BCUT2D eigenvalue weighted by Crippen LogP contribution is -2.33. The first-order valence-electron chi connectivity index (χ1n) is 13.5. The summed E-state index contributed by atoms with van der Waals surface area (Å²) >= 11 is 6.10. The highest BCUT2D eigenvalue weighted by Crippen LogP contribution is 2.57. The number of benzene rings is 4. The first-order chi connectivity index (χ1) is 18.9. The van der Waals surface area contributed by atoms with Crippen LogP contribution in [0.3, 0.4) is 0 Å². The largest absolute Gasteiger partial charge is 0.456 e. The summed E-state index contributed by atoms with van der Waals surface area (Å²) in [6.45, 7) is 8.35. The van der Waals surface area contributed by atoms with E-state index < -0.39 is 5.60 Å². The average molecular weight is 539 g/mol. The molecule has 1 unspecified atom stereocenters. The zero-order chi connectivity index (χ0) is 27.1. The van der Waals surface area contributed by atoms with E-state index in [2.05, 4.69) is 42.3 Å². The van der Waals surface area contributed by atoms with E-state index in [1.54, 1.807) is 0 Å². The molecule has 0 amide bonds. The summed E-state index contributed by atoms with van der Waals surface area (Å²) in [5.41, 5.74) is 5.83. The topological polar surface area (TPSA) is 50.8 Å². The molecule has 0 bridgehead atoms. The zero-order valence-corrected chi connectivity index (χ0v) is 23.1. The average Bonchev–Trinajstić information content (AvgIpc) is 3.23. The number of hydrogen-bond acceptors (Lipinski definition) is 5. The van der Waals surface area contributed by atoms with E-state index in [0.717, 1.165) is 65.2 Å². The molecule has 0 fully saturated rings. The van der Waals surface area contributed by atoms with Crippen LogP contribution < -0.4 is 15.0 Å². The number of esters is 1. The molecule has 0 aromatic heterocycles. The van der Waals surface area contributed by atoms with Crippen LogP contribution in [0.4, 0.5) is 17.1 Å². The summed E-state index contributed by atoms with van der Waals surface area (Å²) in [4.78, 5) is 15.7. The third-order valence-corrected chi connectivity index (χ3v) is 7.77. The molecule has 1 atom stereocenters. The molecule has 4 aromatic carbocycles. The van der Waals surface area contributed by atoms with Crippen LogP contribution >= 0.6 is 11.6 Å². The molecule has 0 aliphatic carbocycles. The highest BCUT2D eigenvalue weighted by Gasteiger charge is 2.53. The number of fused-ring (bicyclic) bond motifs is 6. The molecule has 5 nitrogen and oxygen atoms in total. The molecule has 0 saturated heterocycles. The van der Waals surface area contributed by atoms with Crippen LogP contribution in [-0.4, -0.2) is 19.1 Å². The Bertz CT molecular complexity index is 1560. The van der Waals surface area contributed by atoms with Gasteiger partial charge in [-0.1, -0.05) is 43.6 Å². The molecule has 0 radical (unpaired) electrons. The van der Waals surface area contributed by atoms with Gasteiger partial charge < -0.3 is 19.7 Å². The Hall–Kier alpha value is -3.96. The van der Waals surface area contributed by atoms with Crippen molar-refractivity contribution < 1.29 is 14.3 Å². The maximum Gasteiger partial charge on any atom is 0.340 e. The van der Waals surface area contributed by atoms with Gasteiger partial charge >= 0.3 is 5.97 Å². The predicted molar refractivity (Wildman–Crippen MR) is 157 cm³/mol. The SMILES string of the molecule is CCCN(CCC)c1ccc2c(c1)Oc1cc(C)c(Nc3ccc(Cl)cc3)cc1C21OC(=O)c2ccccc21. The van der Waals surface area contributed by atoms with Crippen molar-refractivity contribution in [3.63, 3.8) is 0 Å². The van der Waals surface area contributed by atoms with E-state index in [-0.39, 0.29) is 5.97 Å². The molecule has 6 rings (SSSR count). The summed E-state index contributed by atoms with van der Waals surface area (Å²) in [6, 6.07) is 25.6. The zero-order valence-electron chi connectivity index (χ0n) is 22.4. The van der Waals surface area contributed by atoms with E-state index in [1.807, 2.05) is 67.6 Å². The highest BCUT2D eigenvalue weighted by atomic mass is 35.5. The third kappa shape index (κ3) is 4.22. The maximum absolute atomic E-state index is 13.3. The van der Waals surface area contributed by atoms with Gasteiger partial charge in [-0.05, 0) is 79.9 Å². The van der Waals surface area contributed by atoms with Crippen molar-refractivity contribution >= 4 is 34.6 Å². The van der Waals surface area contributed by atoms with E-state index in [4.69, 9.17) is 21.1 Å². The van der Waals surface area contributed by atoms with Crippen molar-refractivity contribution in [2.45, 2.75) is 39.2 Å². The lowest BCUT2D eigenvalue weighted by molar-refractivity contribution is 0.0224. The quantitative estimate of drug-likeness (QED) is 0.239. The first kappa shape index (κ1) is 25.3. The number of carbonyl (C=O) groups excluding carboxylic acids is 1. The third-order valence-electron chi connectivity index (χ3n) is 7.52. The molecule has 6 heteroatoms. The van der Waals surface area contributed by atoms with Crippen molar-refractivity contribution in [3.8, 4) is 11.5 Å². The number of ether oxygens (including phenoxy) is 2. The molecule has 2 heterocycles. The van der Waals surface area contributed by atoms with Gasteiger partial charge in [-0.3, -0.25) is 0 Å². The van der Waals surface area contributed by atoms with Crippen LogP contribution in [0.5, 0.6) is 11.5 Å². The van der Waals surface area contributed by atoms with Gasteiger partial charge in [-0.25, -0.2) is 4.79 Å². The first-order valence-corrected chi connectivity index (χ1v) is 13.9. The van der Waals surface area contributed by atoms with Crippen molar-refractivity contribution in [1.29, 1.82) is 0 Å². The fourth-order valence-corrected chi connectivity index (χ4v) is 5.86. The van der Waals surface area contributed by atoms with E-state index in [0.29, 0.717) is 22.1 Å². The standard InChI is InChI=1S/C33H31ClN2O3/c1-4-16-36(17-5-2)24-14-15-27-31(19-24)38-30-18-21(3)29(35-23-12-10-22(34)11-13-23)20-28(30)33(27)26-9-7-6-8-25(26)32(37)39-33/h6-15,18-20,35H,4-5,16-17H2,1-3H3. The van der Waals surface area contributed by atoms with Gasteiger partial charge in [0, 0.05) is 57.9 Å². The Kier molecular flexibility index (Phi) is 6.48. The lowest BCUT2D eigenvalue weighted by Gasteiger charge is -2.38. The minimum atomic E-state index is -1.11. The fraction of sp³-hybridized carbons (Fsp3) is 0.242. The minimum Gasteiger partial charge on any atom is -0.456 e. The summed E-state index contributed by atoms with van der Waals surface area (Å²) < 4.78 is 13.0. The van der Waals surface area contributed by atoms with Crippen molar-refractivity contribution in [3.05, 3.63) is 112 Å². The van der Waals surface area contributed by atoms with Gasteiger partial charge in [0.1, 0.15) is 11.5 Å². The van der Waals surface area contributed by atoms with E-state index in [1.165, 1.54) is 0 Å². The lowest BCUT2D eigenvalue weighted by atomic mass is 9.77. The van der Waals surface area contributed by atoms with Crippen molar-refractivity contribution in [2.75, 3.05) is 23.3 Å². The van der Waals surface area contributed by atoms with Crippen LogP contribution in [0.25, 0.3) is 0 Å². The second-order valence-corrected chi connectivity index (χ2v) is 10.6. The van der Waals surface area contributed by atoms with Crippen LogP contribution in [-0.2, 0) is 10.3 Å².